The molecule has 1 heterocycles. The minimum absolute atomic E-state index is 0.0734. The zero-order chi connectivity index (χ0) is 20.9. The molecule has 2 aromatic carbocycles. The average Bonchev–Trinajstić information content (AvgIpc) is 3.01. The van der Waals surface area contributed by atoms with Crippen molar-refractivity contribution in [3.63, 3.8) is 0 Å². The van der Waals surface area contributed by atoms with E-state index in [2.05, 4.69) is 10.8 Å². The van der Waals surface area contributed by atoms with E-state index in [1.807, 2.05) is 36.1 Å². The van der Waals surface area contributed by atoms with E-state index in [1.54, 1.807) is 12.1 Å². The van der Waals surface area contributed by atoms with Crippen LogP contribution in [0.2, 0.25) is 0 Å². The van der Waals surface area contributed by atoms with Gasteiger partial charge in [-0.25, -0.2) is 13.1 Å². The molecule has 158 valence electrons. The van der Waals surface area contributed by atoms with Crippen LogP contribution in [0.1, 0.15) is 61.8 Å². The van der Waals surface area contributed by atoms with Gasteiger partial charge in [-0.15, -0.1) is 0 Å². The van der Waals surface area contributed by atoms with Gasteiger partial charge in [0.2, 0.25) is 15.9 Å². The summed E-state index contributed by atoms with van der Waals surface area (Å²) in [7, 11) is -3.64. The third-order valence-electron chi connectivity index (χ3n) is 6.94. The molecule has 2 unspecified atom stereocenters. The zero-order valence-corrected chi connectivity index (χ0v) is 18.1. The number of nitrogens with one attached hydrogen (secondary N) is 1. The second-order valence-corrected chi connectivity index (χ2v) is 10.7. The summed E-state index contributed by atoms with van der Waals surface area (Å²) in [5.74, 6) is 0.329. The third-order valence-corrected chi connectivity index (χ3v) is 8.40. The predicted octanol–water partition coefficient (Wildman–Crippen LogP) is 4.12. The fraction of sp³-hybridized carbons (Fsp3) is 0.458. The van der Waals surface area contributed by atoms with Crippen molar-refractivity contribution in [1.82, 2.24) is 4.72 Å². The summed E-state index contributed by atoms with van der Waals surface area (Å²) < 4.78 is 29.3. The topological polar surface area (TPSA) is 66.5 Å². The molecule has 2 atom stereocenters. The molecule has 0 saturated heterocycles. The van der Waals surface area contributed by atoms with Crippen LogP contribution in [-0.4, -0.2) is 20.4 Å². The highest BCUT2D eigenvalue weighted by Crippen LogP contribution is 2.38. The van der Waals surface area contributed by atoms with Crippen LogP contribution in [0.3, 0.4) is 0 Å². The molecular formula is C24H28N2O3S. The van der Waals surface area contributed by atoms with E-state index < -0.39 is 10.0 Å². The molecule has 5 nitrogen and oxygen atoms in total. The van der Waals surface area contributed by atoms with E-state index in [-0.39, 0.29) is 28.8 Å². The Bertz CT molecular complexity index is 1090. The van der Waals surface area contributed by atoms with Gasteiger partial charge in [0.25, 0.3) is 0 Å². The normalized spacial score (nSPS) is 23.6. The van der Waals surface area contributed by atoms with Gasteiger partial charge >= 0.3 is 0 Å². The Morgan fingerprint density at radius 2 is 1.83 bits per heavy atom. The minimum atomic E-state index is -3.64. The summed E-state index contributed by atoms with van der Waals surface area (Å²) in [5, 5.41) is 0. The lowest BCUT2D eigenvalue weighted by Crippen LogP contribution is -2.42. The first-order chi connectivity index (χ1) is 14.4. The maximum Gasteiger partial charge on any atom is 0.241 e. The molecule has 3 aliphatic rings. The fourth-order valence-corrected chi connectivity index (χ4v) is 6.39. The van der Waals surface area contributed by atoms with Crippen LogP contribution in [0, 0.1) is 5.92 Å². The maximum atomic E-state index is 13.2. The lowest BCUT2D eigenvalue weighted by Gasteiger charge is -2.32. The average molecular weight is 425 g/mol. The molecule has 0 bridgehead atoms. The van der Waals surface area contributed by atoms with Gasteiger partial charge in [0.15, 0.2) is 0 Å². The summed E-state index contributed by atoms with van der Waals surface area (Å²) in [6, 6.07) is 13.2. The Morgan fingerprint density at radius 3 is 2.60 bits per heavy atom. The number of hydrogen-bond donors (Lipinski definition) is 1. The first kappa shape index (κ1) is 19.8. The molecule has 2 aromatic rings. The molecule has 1 N–H and O–H groups in total. The molecule has 2 aliphatic carbocycles. The monoisotopic (exact) mass is 424 g/mol. The van der Waals surface area contributed by atoms with Gasteiger partial charge in [-0.3, -0.25) is 4.79 Å². The van der Waals surface area contributed by atoms with Crippen LogP contribution in [0.15, 0.2) is 47.4 Å². The molecule has 5 rings (SSSR count). The number of carbonyl (C=O) groups excluding carboxylic acids is 1. The fourth-order valence-electron chi connectivity index (χ4n) is 5.09. The van der Waals surface area contributed by atoms with Gasteiger partial charge in [-0.2, -0.15) is 0 Å². The van der Waals surface area contributed by atoms with Gasteiger partial charge in [0.1, 0.15) is 0 Å². The smallest absolute Gasteiger partial charge is 0.241 e. The van der Waals surface area contributed by atoms with Crippen molar-refractivity contribution in [3.8, 4) is 0 Å². The van der Waals surface area contributed by atoms with Crippen molar-refractivity contribution in [3.05, 3.63) is 59.2 Å². The third kappa shape index (κ3) is 3.36. The Hall–Kier alpha value is -2.18. The summed E-state index contributed by atoms with van der Waals surface area (Å²) in [6.45, 7) is 2.04. The predicted molar refractivity (Wildman–Crippen MR) is 117 cm³/mol. The lowest BCUT2D eigenvalue weighted by atomic mass is 9.84. The Labute approximate surface area is 178 Å². The molecule has 0 aromatic heterocycles. The van der Waals surface area contributed by atoms with Crippen molar-refractivity contribution in [2.45, 2.75) is 68.8 Å². The van der Waals surface area contributed by atoms with E-state index in [0.717, 1.165) is 55.3 Å². The Morgan fingerprint density at radius 1 is 1.03 bits per heavy atom. The first-order valence-corrected chi connectivity index (χ1v) is 12.5. The van der Waals surface area contributed by atoms with E-state index in [4.69, 9.17) is 0 Å². The highest BCUT2D eigenvalue weighted by Gasteiger charge is 2.37. The molecule has 1 fully saturated rings. The Balaban J connectivity index is 1.40. The van der Waals surface area contributed by atoms with Gasteiger partial charge in [0.05, 0.1) is 4.90 Å². The van der Waals surface area contributed by atoms with Crippen LogP contribution in [0.4, 0.5) is 5.69 Å². The number of carbonyl (C=O) groups is 1. The first-order valence-electron chi connectivity index (χ1n) is 11.0. The number of fused-ring (bicyclic) bond motifs is 2. The number of nitrogens with zero attached hydrogens (tertiary/aromatic N) is 1. The minimum Gasteiger partial charge on any atom is -0.309 e. The number of rotatable bonds is 4. The molecule has 30 heavy (non-hydrogen) atoms. The van der Waals surface area contributed by atoms with Crippen molar-refractivity contribution in [1.29, 1.82) is 0 Å². The summed E-state index contributed by atoms with van der Waals surface area (Å²) in [6.07, 6.45) is 6.54. The summed E-state index contributed by atoms with van der Waals surface area (Å²) in [5.41, 5.74) is 4.13. The zero-order valence-electron chi connectivity index (χ0n) is 17.3. The van der Waals surface area contributed by atoms with Crippen molar-refractivity contribution >= 4 is 21.6 Å². The molecule has 1 saturated carbocycles. The lowest BCUT2D eigenvalue weighted by molar-refractivity contribution is -0.125. The van der Waals surface area contributed by atoms with Gasteiger partial charge < -0.3 is 4.90 Å². The number of amides is 1. The van der Waals surface area contributed by atoms with Crippen LogP contribution < -0.4 is 9.62 Å². The number of anilines is 1. The highest BCUT2D eigenvalue weighted by atomic mass is 32.2. The van der Waals surface area contributed by atoms with Crippen molar-refractivity contribution in [2.24, 2.45) is 5.92 Å². The van der Waals surface area contributed by atoms with Gasteiger partial charge in [0, 0.05) is 23.7 Å². The van der Waals surface area contributed by atoms with Crippen LogP contribution in [-0.2, 0) is 27.7 Å². The largest absolute Gasteiger partial charge is 0.309 e. The number of benzene rings is 2. The van der Waals surface area contributed by atoms with Crippen molar-refractivity contribution < 1.29 is 13.2 Å². The molecule has 1 amide bonds. The SMILES string of the molecule is CC1Cc2cc(S(=O)(=O)NC3CCCc4ccccc43)ccc2N1C(=O)C1CCC1. The van der Waals surface area contributed by atoms with Gasteiger partial charge in [-0.05, 0) is 80.3 Å². The van der Waals surface area contributed by atoms with Crippen LogP contribution in [0.25, 0.3) is 0 Å². The number of aryl methyl sites for hydroxylation is 1. The van der Waals surface area contributed by atoms with E-state index in [0.29, 0.717) is 6.42 Å². The van der Waals surface area contributed by atoms with Gasteiger partial charge in [-0.1, -0.05) is 30.7 Å². The molecule has 6 heteroatoms. The second kappa shape index (κ2) is 7.50. The van der Waals surface area contributed by atoms with Crippen LogP contribution in [0.5, 0.6) is 0 Å². The van der Waals surface area contributed by atoms with E-state index in [1.165, 1.54) is 5.56 Å². The van der Waals surface area contributed by atoms with E-state index in [9.17, 15) is 13.2 Å². The molecular weight excluding hydrogens is 396 g/mol. The quantitative estimate of drug-likeness (QED) is 0.803. The molecule has 1 aliphatic heterocycles. The molecule has 0 spiro atoms. The van der Waals surface area contributed by atoms with E-state index >= 15 is 0 Å². The number of sulfonamides is 1. The summed E-state index contributed by atoms with van der Waals surface area (Å²) >= 11 is 0. The Kier molecular flexibility index (Phi) is 4.94. The van der Waals surface area contributed by atoms with Crippen molar-refractivity contribution in [2.75, 3.05) is 4.90 Å². The second-order valence-electron chi connectivity index (χ2n) is 8.94. The number of hydrogen-bond acceptors (Lipinski definition) is 3. The standard InChI is InChI=1S/C24H28N2O3S/c1-16-14-19-15-20(12-13-23(19)26(16)24(27)18-8-4-9-18)30(28,29)25-22-11-5-7-17-6-2-3-10-21(17)22/h2-3,6,10,12-13,15-16,18,22,25H,4-5,7-9,11,14H2,1H3. The maximum absolute atomic E-state index is 13.2. The summed E-state index contributed by atoms with van der Waals surface area (Å²) in [4.78, 5) is 15.0. The van der Waals surface area contributed by atoms with Crippen LogP contribution >= 0.6 is 0 Å². The highest BCUT2D eigenvalue weighted by molar-refractivity contribution is 7.89. The molecule has 0 radical (unpaired) electrons.